The third-order valence-electron chi connectivity index (χ3n) is 3.75. The van der Waals surface area contributed by atoms with Gasteiger partial charge in [0.05, 0.1) is 6.54 Å². The summed E-state index contributed by atoms with van der Waals surface area (Å²) in [5, 5.41) is 3.14. The fraction of sp³-hybridized carbons (Fsp3) is 0.350. The van der Waals surface area contributed by atoms with Gasteiger partial charge in [0.1, 0.15) is 12.4 Å². The number of guanidine groups is 1. The first-order valence-electron chi connectivity index (χ1n) is 8.59. The number of hydrogen-bond donors (Lipinski definition) is 2. The van der Waals surface area contributed by atoms with Gasteiger partial charge in [-0.1, -0.05) is 31.2 Å². The van der Waals surface area contributed by atoms with E-state index < -0.39 is 0 Å². The Morgan fingerprint density at radius 3 is 2.64 bits per heavy atom. The van der Waals surface area contributed by atoms with Crippen LogP contribution in [0.25, 0.3) is 0 Å². The summed E-state index contributed by atoms with van der Waals surface area (Å²) < 4.78 is 5.75. The Morgan fingerprint density at radius 1 is 1.12 bits per heavy atom. The van der Waals surface area contributed by atoms with Crippen LogP contribution in [0.4, 0.5) is 5.69 Å². The van der Waals surface area contributed by atoms with E-state index in [-0.39, 0.29) is 0 Å². The van der Waals surface area contributed by atoms with Gasteiger partial charge in [-0.3, -0.25) is 0 Å². The Labute approximate surface area is 150 Å². The molecule has 134 valence electrons. The van der Waals surface area contributed by atoms with E-state index in [1.807, 2.05) is 50.5 Å². The molecule has 0 unspecified atom stereocenters. The van der Waals surface area contributed by atoms with Crippen molar-refractivity contribution in [1.29, 1.82) is 0 Å². The van der Waals surface area contributed by atoms with Crippen LogP contribution in [-0.2, 0) is 13.0 Å². The molecule has 3 N–H and O–H groups in total. The molecule has 0 aromatic heterocycles. The summed E-state index contributed by atoms with van der Waals surface area (Å²) in [5.41, 5.74) is 9.29. The lowest BCUT2D eigenvalue weighted by Gasteiger charge is -2.11. The predicted molar refractivity (Wildman–Crippen MR) is 105 cm³/mol. The molecule has 0 saturated heterocycles. The minimum absolute atomic E-state index is 0.409. The van der Waals surface area contributed by atoms with E-state index in [1.165, 1.54) is 5.56 Å². The van der Waals surface area contributed by atoms with Crippen molar-refractivity contribution in [3.63, 3.8) is 0 Å². The average Bonchev–Trinajstić information content (AvgIpc) is 2.60. The Kier molecular flexibility index (Phi) is 7.29. The largest absolute Gasteiger partial charge is 0.492 e. The van der Waals surface area contributed by atoms with Gasteiger partial charge in [0.15, 0.2) is 5.96 Å². The minimum Gasteiger partial charge on any atom is -0.492 e. The number of hydrogen-bond acceptors (Lipinski definition) is 3. The highest BCUT2D eigenvalue weighted by atomic mass is 16.5. The maximum absolute atomic E-state index is 6.00. The monoisotopic (exact) mass is 340 g/mol. The number of aliphatic imine (C=N–C) groups is 1. The van der Waals surface area contributed by atoms with Crippen molar-refractivity contribution in [2.24, 2.45) is 10.7 Å². The quantitative estimate of drug-likeness (QED) is 0.572. The zero-order valence-corrected chi connectivity index (χ0v) is 15.3. The lowest BCUT2D eigenvalue weighted by Crippen LogP contribution is -2.22. The number of likely N-dealkylation sites (N-methyl/N-ethyl adjacent to an activating group) is 1. The SMILES string of the molecule is CCc1cccc(NC(N)=NCc2cccc(OCCN(C)C)c2)c1. The van der Waals surface area contributed by atoms with Crippen molar-refractivity contribution < 1.29 is 4.74 Å². The van der Waals surface area contributed by atoms with Gasteiger partial charge >= 0.3 is 0 Å². The number of ether oxygens (including phenoxy) is 1. The van der Waals surface area contributed by atoms with E-state index in [0.717, 1.165) is 30.0 Å². The van der Waals surface area contributed by atoms with Crippen LogP contribution in [0, 0.1) is 0 Å². The summed E-state index contributed by atoms with van der Waals surface area (Å²) in [4.78, 5) is 6.51. The summed E-state index contributed by atoms with van der Waals surface area (Å²) in [6.45, 7) is 4.19. The first-order chi connectivity index (χ1) is 12.1. The van der Waals surface area contributed by atoms with E-state index in [0.29, 0.717) is 19.1 Å². The van der Waals surface area contributed by atoms with E-state index in [1.54, 1.807) is 0 Å². The summed E-state index contributed by atoms with van der Waals surface area (Å²) in [5.74, 6) is 1.27. The van der Waals surface area contributed by atoms with Gasteiger partial charge in [0.25, 0.3) is 0 Å². The van der Waals surface area contributed by atoms with Crippen LogP contribution in [0.1, 0.15) is 18.1 Å². The molecule has 0 amide bonds. The van der Waals surface area contributed by atoms with Crippen molar-refractivity contribution in [2.75, 3.05) is 32.6 Å². The Hall–Kier alpha value is -2.53. The molecular weight excluding hydrogens is 312 g/mol. The van der Waals surface area contributed by atoms with Crippen LogP contribution in [0.15, 0.2) is 53.5 Å². The van der Waals surface area contributed by atoms with E-state index in [4.69, 9.17) is 10.5 Å². The lowest BCUT2D eigenvalue weighted by atomic mass is 10.1. The zero-order chi connectivity index (χ0) is 18.1. The third kappa shape index (κ3) is 6.85. The van der Waals surface area contributed by atoms with Crippen LogP contribution in [0.3, 0.4) is 0 Å². The topological polar surface area (TPSA) is 62.9 Å². The molecule has 0 aliphatic rings. The Morgan fingerprint density at radius 2 is 1.88 bits per heavy atom. The van der Waals surface area contributed by atoms with E-state index in [9.17, 15) is 0 Å². The second-order valence-electron chi connectivity index (χ2n) is 6.18. The summed E-state index contributed by atoms with van der Waals surface area (Å²) in [6.07, 6.45) is 0.993. The number of rotatable bonds is 8. The molecule has 0 aliphatic heterocycles. The molecule has 2 rings (SSSR count). The molecule has 0 atom stereocenters. The first-order valence-corrected chi connectivity index (χ1v) is 8.59. The second-order valence-corrected chi connectivity index (χ2v) is 6.18. The van der Waals surface area contributed by atoms with Gasteiger partial charge in [-0.25, -0.2) is 4.99 Å². The molecule has 0 heterocycles. The number of nitrogens with one attached hydrogen (secondary N) is 1. The summed E-state index contributed by atoms with van der Waals surface area (Å²) >= 11 is 0. The Balaban J connectivity index is 1.91. The molecule has 2 aromatic carbocycles. The maximum Gasteiger partial charge on any atom is 0.193 e. The smallest absolute Gasteiger partial charge is 0.193 e. The lowest BCUT2D eigenvalue weighted by molar-refractivity contribution is 0.261. The molecule has 0 spiro atoms. The Bertz CT molecular complexity index is 698. The molecule has 5 heteroatoms. The standard InChI is InChI=1S/C20H28N4O/c1-4-16-7-5-9-18(13-16)23-20(21)22-15-17-8-6-10-19(14-17)25-12-11-24(2)3/h5-10,13-14H,4,11-12,15H2,1-3H3,(H3,21,22,23). The maximum atomic E-state index is 6.00. The van der Waals surface area contributed by atoms with Crippen molar-refractivity contribution in [2.45, 2.75) is 19.9 Å². The molecule has 25 heavy (non-hydrogen) atoms. The summed E-state index contributed by atoms with van der Waals surface area (Å²) in [7, 11) is 4.06. The minimum atomic E-state index is 0.409. The van der Waals surface area contributed by atoms with Gasteiger partial charge in [-0.05, 0) is 55.9 Å². The first kappa shape index (κ1) is 18.8. The van der Waals surface area contributed by atoms with Crippen LogP contribution in [0.2, 0.25) is 0 Å². The summed E-state index contributed by atoms with van der Waals surface area (Å²) in [6, 6.07) is 16.1. The number of aryl methyl sites for hydroxylation is 1. The van der Waals surface area contributed by atoms with Gasteiger partial charge in [-0.15, -0.1) is 0 Å². The average molecular weight is 340 g/mol. The number of nitrogens with two attached hydrogens (primary N) is 1. The molecule has 0 bridgehead atoms. The third-order valence-corrected chi connectivity index (χ3v) is 3.75. The normalized spacial score (nSPS) is 11.6. The molecular formula is C20H28N4O. The van der Waals surface area contributed by atoms with Crippen LogP contribution in [0.5, 0.6) is 5.75 Å². The highest BCUT2D eigenvalue weighted by Crippen LogP contribution is 2.14. The second kappa shape index (κ2) is 9.69. The van der Waals surface area contributed by atoms with Crippen LogP contribution in [-0.4, -0.2) is 38.1 Å². The fourth-order valence-corrected chi connectivity index (χ4v) is 2.31. The molecule has 0 radical (unpaired) electrons. The number of nitrogens with zero attached hydrogens (tertiary/aromatic N) is 2. The van der Waals surface area contributed by atoms with Crippen molar-refractivity contribution in [3.8, 4) is 5.75 Å². The van der Waals surface area contributed by atoms with Crippen molar-refractivity contribution in [3.05, 3.63) is 59.7 Å². The van der Waals surface area contributed by atoms with Crippen LogP contribution >= 0.6 is 0 Å². The molecule has 0 saturated carbocycles. The van der Waals surface area contributed by atoms with E-state index >= 15 is 0 Å². The van der Waals surface area contributed by atoms with Gasteiger partial charge in [-0.2, -0.15) is 0 Å². The van der Waals surface area contributed by atoms with Gasteiger partial charge in [0.2, 0.25) is 0 Å². The number of anilines is 1. The highest BCUT2D eigenvalue weighted by molar-refractivity contribution is 5.92. The van der Waals surface area contributed by atoms with Gasteiger partial charge in [0, 0.05) is 12.2 Å². The molecule has 5 nitrogen and oxygen atoms in total. The molecule has 0 fully saturated rings. The predicted octanol–water partition coefficient (Wildman–Crippen LogP) is 3.12. The van der Waals surface area contributed by atoms with Crippen LogP contribution < -0.4 is 15.8 Å². The zero-order valence-electron chi connectivity index (χ0n) is 15.3. The molecule has 0 aliphatic carbocycles. The van der Waals surface area contributed by atoms with Crippen molar-refractivity contribution >= 4 is 11.6 Å². The number of benzene rings is 2. The fourth-order valence-electron chi connectivity index (χ4n) is 2.31. The van der Waals surface area contributed by atoms with Crippen molar-refractivity contribution in [1.82, 2.24) is 4.90 Å². The molecule has 2 aromatic rings. The highest BCUT2D eigenvalue weighted by Gasteiger charge is 2.00. The van der Waals surface area contributed by atoms with Gasteiger partial charge < -0.3 is 20.7 Å². The van der Waals surface area contributed by atoms with E-state index in [2.05, 4.69) is 34.3 Å².